The molecule has 46 heavy (non-hydrogen) atoms. The number of hydrogen-bond donors (Lipinski definition) is 0. The molecule has 240 valence electrons. The Hall–Kier alpha value is -0.847. The molecule has 0 atom stereocenters. The van der Waals surface area contributed by atoms with Crippen molar-refractivity contribution in [2.24, 2.45) is 0 Å². The molecule has 4 aromatic carbocycles. The second kappa shape index (κ2) is 18.8. The van der Waals surface area contributed by atoms with Gasteiger partial charge in [-0.3, -0.25) is 6.08 Å². The third-order valence-electron chi connectivity index (χ3n) is 7.73. The first-order valence-corrected chi connectivity index (χ1v) is 18.6. The van der Waals surface area contributed by atoms with E-state index in [-0.39, 0.29) is 35.6 Å². The number of hydrogen-bond acceptors (Lipinski definition) is 0. The zero-order chi connectivity index (χ0) is 31.9. The Morgan fingerprint density at radius 2 is 1.30 bits per heavy atom. The van der Waals surface area contributed by atoms with Crippen molar-refractivity contribution in [1.29, 1.82) is 0 Å². The summed E-state index contributed by atoms with van der Waals surface area (Å²) < 4.78 is 4.25. The first-order chi connectivity index (χ1) is 20.8. The number of benzene rings is 4. The maximum absolute atomic E-state index is 3.53. The molecule has 0 heterocycles. The van der Waals surface area contributed by atoms with E-state index in [1.54, 1.807) is 27.4 Å². The molecule has 2 aliphatic carbocycles. The fraction of sp³-hybridized carbons (Fsp3) is 0.293. The van der Waals surface area contributed by atoms with Crippen LogP contribution in [0.2, 0.25) is 0 Å². The summed E-state index contributed by atoms with van der Waals surface area (Å²) in [7, 11) is 0. The molecule has 5 heteroatoms. The Bertz CT molecular complexity index is 1550. The van der Waals surface area contributed by atoms with Crippen LogP contribution in [0.4, 0.5) is 0 Å². The second-order valence-corrected chi connectivity index (χ2v) is 17.8. The summed E-state index contributed by atoms with van der Waals surface area (Å²) in [5.41, 5.74) is 11.6. The van der Waals surface area contributed by atoms with Gasteiger partial charge >= 0.3 is 152 Å². The van der Waals surface area contributed by atoms with Gasteiger partial charge in [0.25, 0.3) is 0 Å². The van der Waals surface area contributed by atoms with Gasteiger partial charge in [-0.15, -0.1) is 36.8 Å². The molecule has 0 aliphatic heterocycles. The Labute approximate surface area is 332 Å². The van der Waals surface area contributed by atoms with Crippen molar-refractivity contribution < 1.29 is 24.2 Å². The summed E-state index contributed by atoms with van der Waals surface area (Å²) in [6.07, 6.45) is 13.3. The van der Waals surface area contributed by atoms with Crippen LogP contribution in [-0.2, 0) is 54.3 Å². The van der Waals surface area contributed by atoms with Gasteiger partial charge in [0, 0.05) is 0 Å². The van der Waals surface area contributed by atoms with E-state index in [0.717, 1.165) is 25.7 Å². The Balaban J connectivity index is 0.000000270. The van der Waals surface area contributed by atoms with Crippen molar-refractivity contribution in [3.05, 3.63) is 150 Å². The molecule has 0 spiro atoms. The minimum absolute atomic E-state index is 0. The minimum atomic E-state index is 0. The maximum atomic E-state index is 3.53. The number of rotatable bonds is 4. The Kier molecular flexibility index (Phi) is 16.9. The SMILES string of the molecule is CC(C)(C)c1c[c-]c2c(c1)-c1cc(C(C)(C)C)ccc1C2.Cl.Cl.[C-]1=CC=CC1.[Zr+2]=[C](Cc1cccc(I)c1)Cc1cccc(I)c1. The molecule has 0 nitrogen and oxygen atoms in total. The van der Waals surface area contributed by atoms with Crippen LogP contribution in [0.25, 0.3) is 11.1 Å². The molecule has 0 N–H and O–H groups in total. The normalized spacial score (nSPS) is 12.4. The number of halogens is 4. The van der Waals surface area contributed by atoms with Gasteiger partial charge in [-0.2, -0.15) is 35.4 Å². The molecular formula is C41H44Cl2I2Zr. The topological polar surface area (TPSA) is 0 Å². The van der Waals surface area contributed by atoms with Crippen LogP contribution in [0.1, 0.15) is 81.3 Å². The molecule has 0 unspecified atom stereocenters. The number of fused-ring (bicyclic) bond motifs is 3. The van der Waals surface area contributed by atoms with Crippen LogP contribution >= 0.6 is 70.0 Å². The van der Waals surface area contributed by atoms with Crippen LogP contribution in [0.5, 0.6) is 0 Å². The third kappa shape index (κ3) is 12.6. The van der Waals surface area contributed by atoms with Crippen LogP contribution in [0.3, 0.4) is 0 Å². The fourth-order valence-corrected chi connectivity index (χ4v) is 7.39. The van der Waals surface area contributed by atoms with Crippen LogP contribution in [-0.4, -0.2) is 3.21 Å². The Morgan fingerprint density at radius 3 is 1.76 bits per heavy atom. The molecule has 2 aliphatic rings. The monoisotopic (exact) mass is 950 g/mol. The van der Waals surface area contributed by atoms with Crippen molar-refractivity contribution in [3.63, 3.8) is 0 Å². The van der Waals surface area contributed by atoms with E-state index in [4.69, 9.17) is 0 Å². The third-order valence-corrected chi connectivity index (χ3v) is 9.94. The van der Waals surface area contributed by atoms with Gasteiger partial charge in [0.1, 0.15) is 0 Å². The molecule has 0 amide bonds. The molecule has 0 saturated carbocycles. The van der Waals surface area contributed by atoms with Gasteiger partial charge in [0.15, 0.2) is 0 Å². The molecule has 0 aromatic heterocycles. The Morgan fingerprint density at radius 1 is 0.739 bits per heavy atom. The number of allylic oxidation sites excluding steroid dienone is 4. The van der Waals surface area contributed by atoms with E-state index >= 15 is 0 Å². The van der Waals surface area contributed by atoms with Crippen molar-refractivity contribution in [2.45, 2.75) is 78.1 Å². The zero-order valence-corrected chi connectivity index (χ0v) is 36.0. The van der Waals surface area contributed by atoms with Gasteiger partial charge in [-0.1, -0.05) is 76.3 Å². The predicted octanol–water partition coefficient (Wildman–Crippen LogP) is 12.2. The van der Waals surface area contributed by atoms with Crippen LogP contribution < -0.4 is 0 Å². The quantitative estimate of drug-likeness (QED) is 0.124. The zero-order valence-electron chi connectivity index (χ0n) is 27.6. The predicted molar refractivity (Wildman–Crippen MR) is 218 cm³/mol. The summed E-state index contributed by atoms with van der Waals surface area (Å²) in [4.78, 5) is 0. The van der Waals surface area contributed by atoms with Crippen molar-refractivity contribution in [1.82, 2.24) is 0 Å². The first-order valence-electron chi connectivity index (χ1n) is 15.3. The first kappa shape index (κ1) is 41.3. The van der Waals surface area contributed by atoms with Gasteiger partial charge < -0.3 is 0 Å². The van der Waals surface area contributed by atoms with Crippen LogP contribution in [0, 0.1) is 19.3 Å². The fourth-order valence-electron chi connectivity index (χ4n) is 5.17. The molecule has 6 rings (SSSR count). The summed E-state index contributed by atoms with van der Waals surface area (Å²) in [5, 5.41) is 0. The van der Waals surface area contributed by atoms with Gasteiger partial charge in [-0.25, -0.2) is 12.2 Å². The van der Waals surface area contributed by atoms with Crippen molar-refractivity contribution in [3.8, 4) is 11.1 Å². The van der Waals surface area contributed by atoms with E-state index in [9.17, 15) is 0 Å². The van der Waals surface area contributed by atoms with E-state index in [2.05, 4.69) is 184 Å². The summed E-state index contributed by atoms with van der Waals surface area (Å²) >= 11 is 6.30. The van der Waals surface area contributed by atoms with Crippen molar-refractivity contribution in [2.75, 3.05) is 0 Å². The molecule has 0 bridgehead atoms. The standard InChI is InChI=1S/C21H25.C15H12I2.C5H5.2ClH.Zr/c1-20(2,3)16-9-7-14-11-15-8-10-17(21(4,5)6)13-19(15)18(14)12-16;16-14-8-2-6-12(10-14)4-1-5-13-7-3-9-15(17)11-13;1-2-4-5-3-1;;;/h7,9-10,12-13H,11H2,1-6H3;2-3,6-11H,4-5H2;1-3H,4H2;2*1H;/q-1;;-1;;;+2. The average molecular weight is 953 g/mol. The van der Waals surface area contributed by atoms with E-state index < -0.39 is 0 Å². The molecule has 0 radical (unpaired) electrons. The van der Waals surface area contributed by atoms with Gasteiger partial charge in [-0.05, 0) is 17.4 Å². The second-order valence-electron chi connectivity index (χ2n) is 13.5. The van der Waals surface area contributed by atoms with E-state index in [1.807, 2.05) is 12.2 Å². The van der Waals surface area contributed by atoms with Gasteiger partial charge in [0.2, 0.25) is 0 Å². The summed E-state index contributed by atoms with van der Waals surface area (Å²) in [5.74, 6) is 0. The van der Waals surface area contributed by atoms with E-state index in [0.29, 0.717) is 0 Å². The van der Waals surface area contributed by atoms with Gasteiger partial charge in [0.05, 0.1) is 0 Å². The molecule has 0 saturated heterocycles. The molecular weight excluding hydrogens is 908 g/mol. The van der Waals surface area contributed by atoms with E-state index in [1.165, 1.54) is 51.6 Å². The average Bonchev–Trinajstić information content (AvgIpc) is 3.64. The summed E-state index contributed by atoms with van der Waals surface area (Å²) in [6, 6.07) is 32.6. The summed E-state index contributed by atoms with van der Waals surface area (Å²) in [6.45, 7) is 13.6. The van der Waals surface area contributed by atoms with Crippen LogP contribution in [0.15, 0.2) is 97.1 Å². The molecule has 4 aromatic rings. The molecule has 0 fully saturated rings. The van der Waals surface area contributed by atoms with Crippen molar-refractivity contribution >= 4 is 73.2 Å².